The third kappa shape index (κ3) is 3.36. The normalized spacial score (nSPS) is 11.9. The minimum atomic E-state index is -0.897. The second-order valence-corrected chi connectivity index (χ2v) is 3.54. The number of carbonyl (C=O) groups is 2. The van der Waals surface area contributed by atoms with Crippen molar-refractivity contribution in [1.29, 1.82) is 0 Å². The second-order valence-electron chi connectivity index (χ2n) is 3.01. The monoisotopic (exact) mass is 226 g/mol. The van der Waals surface area contributed by atoms with E-state index >= 15 is 0 Å². The van der Waals surface area contributed by atoms with Crippen molar-refractivity contribution in [3.05, 3.63) is 35.9 Å². The molecule has 80 valence electrons. The number of rotatable bonds is 4. The maximum atomic E-state index is 11.3. The van der Waals surface area contributed by atoms with E-state index in [1.54, 1.807) is 0 Å². The van der Waals surface area contributed by atoms with Crippen LogP contribution in [0.4, 0.5) is 0 Å². The van der Waals surface area contributed by atoms with Gasteiger partial charge in [0.15, 0.2) is 0 Å². The Bertz CT molecular complexity index is 348. The van der Waals surface area contributed by atoms with Crippen molar-refractivity contribution in [3.8, 4) is 0 Å². The van der Waals surface area contributed by atoms with E-state index in [-0.39, 0.29) is 0 Å². The summed E-state index contributed by atoms with van der Waals surface area (Å²) in [4.78, 5) is 22.2. The molecule has 1 unspecified atom stereocenters. The van der Waals surface area contributed by atoms with Crippen LogP contribution in [-0.4, -0.2) is 24.2 Å². The molecule has 15 heavy (non-hydrogen) atoms. The lowest BCUT2D eigenvalue weighted by molar-refractivity contribution is -0.151. The lowest BCUT2D eigenvalue weighted by Gasteiger charge is -2.06. The van der Waals surface area contributed by atoms with Gasteiger partial charge in [0.1, 0.15) is 5.38 Å². The Morgan fingerprint density at radius 2 is 1.93 bits per heavy atom. The van der Waals surface area contributed by atoms with Gasteiger partial charge in [-0.05, 0) is 12.0 Å². The Morgan fingerprint density at radius 1 is 1.33 bits per heavy atom. The fourth-order valence-electron chi connectivity index (χ4n) is 1.14. The number of ether oxygens (including phenoxy) is 1. The molecule has 1 atom stereocenters. The van der Waals surface area contributed by atoms with Crippen molar-refractivity contribution in [3.63, 3.8) is 0 Å². The highest BCUT2D eigenvalue weighted by molar-refractivity contribution is 6.47. The number of methoxy groups -OCH3 is 1. The van der Waals surface area contributed by atoms with Gasteiger partial charge in [0.2, 0.25) is 0 Å². The number of alkyl halides is 1. The number of halogens is 1. The zero-order chi connectivity index (χ0) is 11.3. The van der Waals surface area contributed by atoms with Crippen LogP contribution >= 0.6 is 11.6 Å². The van der Waals surface area contributed by atoms with E-state index in [9.17, 15) is 9.59 Å². The molecule has 0 heterocycles. The Morgan fingerprint density at radius 3 is 2.47 bits per heavy atom. The quantitative estimate of drug-likeness (QED) is 0.445. The highest BCUT2D eigenvalue weighted by Crippen LogP contribution is 2.09. The van der Waals surface area contributed by atoms with Gasteiger partial charge in [-0.25, -0.2) is 4.79 Å². The lowest BCUT2D eigenvalue weighted by Crippen LogP contribution is -2.27. The summed E-state index contributed by atoms with van der Waals surface area (Å²) in [5.74, 6) is -1.60. The van der Waals surface area contributed by atoms with Crippen LogP contribution in [0.1, 0.15) is 5.56 Å². The average Bonchev–Trinajstić information content (AvgIpc) is 2.28. The SMILES string of the molecule is COC(=O)C(=O)C(Cl)Cc1ccccc1. The molecule has 0 amide bonds. The molecule has 4 heteroatoms. The van der Waals surface area contributed by atoms with Crippen LogP contribution in [0, 0.1) is 0 Å². The highest BCUT2D eigenvalue weighted by atomic mass is 35.5. The summed E-state index contributed by atoms with van der Waals surface area (Å²) in [5.41, 5.74) is 0.912. The smallest absolute Gasteiger partial charge is 0.375 e. The fourth-order valence-corrected chi connectivity index (χ4v) is 1.41. The van der Waals surface area contributed by atoms with E-state index in [2.05, 4.69) is 4.74 Å². The third-order valence-electron chi connectivity index (χ3n) is 1.93. The molecule has 0 spiro atoms. The Kier molecular flexibility index (Phi) is 4.31. The summed E-state index contributed by atoms with van der Waals surface area (Å²) >= 11 is 5.79. The standard InChI is InChI=1S/C11H11ClO3/c1-15-11(14)10(13)9(12)7-8-5-3-2-4-6-8/h2-6,9H,7H2,1H3. The Labute approximate surface area is 93.0 Å². The lowest BCUT2D eigenvalue weighted by atomic mass is 10.1. The maximum absolute atomic E-state index is 11.3. The van der Waals surface area contributed by atoms with Gasteiger partial charge in [0, 0.05) is 0 Å². The molecule has 0 aliphatic carbocycles. The van der Waals surface area contributed by atoms with E-state index in [0.29, 0.717) is 6.42 Å². The number of hydrogen-bond donors (Lipinski definition) is 0. The molecule has 1 aromatic rings. The fraction of sp³-hybridized carbons (Fsp3) is 0.273. The van der Waals surface area contributed by atoms with E-state index in [0.717, 1.165) is 12.7 Å². The first kappa shape index (κ1) is 11.7. The van der Waals surface area contributed by atoms with Crippen molar-refractivity contribution in [2.45, 2.75) is 11.8 Å². The number of hydrogen-bond acceptors (Lipinski definition) is 3. The van der Waals surface area contributed by atoms with Gasteiger partial charge in [0.05, 0.1) is 7.11 Å². The summed E-state index contributed by atoms with van der Waals surface area (Å²) in [7, 11) is 1.16. The number of carbonyl (C=O) groups excluding carboxylic acids is 2. The summed E-state index contributed by atoms with van der Waals surface area (Å²) in [6.45, 7) is 0. The molecule has 0 N–H and O–H groups in total. The largest absolute Gasteiger partial charge is 0.463 e. The molecular weight excluding hydrogens is 216 g/mol. The molecule has 0 saturated heterocycles. The van der Waals surface area contributed by atoms with Crippen LogP contribution in [0.15, 0.2) is 30.3 Å². The predicted molar refractivity (Wildman–Crippen MR) is 56.8 cm³/mol. The molecule has 0 bridgehead atoms. The molecule has 1 rings (SSSR count). The summed E-state index contributed by atoms with van der Waals surface area (Å²) in [5, 5.41) is -0.861. The van der Waals surface area contributed by atoms with E-state index in [4.69, 9.17) is 11.6 Å². The topological polar surface area (TPSA) is 43.4 Å². The molecule has 0 saturated carbocycles. The molecule has 0 aliphatic rings. The molecule has 1 aromatic carbocycles. The van der Waals surface area contributed by atoms with Crippen molar-refractivity contribution in [1.82, 2.24) is 0 Å². The van der Waals surface area contributed by atoms with Crippen molar-refractivity contribution in [2.75, 3.05) is 7.11 Å². The van der Waals surface area contributed by atoms with Gasteiger partial charge in [-0.1, -0.05) is 30.3 Å². The van der Waals surface area contributed by atoms with Gasteiger partial charge >= 0.3 is 5.97 Å². The van der Waals surface area contributed by atoms with Gasteiger partial charge in [-0.15, -0.1) is 11.6 Å². The van der Waals surface area contributed by atoms with Crippen LogP contribution in [0.5, 0.6) is 0 Å². The first-order chi connectivity index (χ1) is 7.15. The highest BCUT2D eigenvalue weighted by Gasteiger charge is 2.23. The van der Waals surface area contributed by atoms with E-state index < -0.39 is 17.1 Å². The van der Waals surface area contributed by atoms with Gasteiger partial charge in [0.25, 0.3) is 5.78 Å². The van der Waals surface area contributed by atoms with Crippen LogP contribution < -0.4 is 0 Å². The molecule has 0 radical (unpaired) electrons. The molecular formula is C11H11ClO3. The van der Waals surface area contributed by atoms with Crippen molar-refractivity contribution in [2.24, 2.45) is 0 Å². The molecule has 0 fully saturated rings. The van der Waals surface area contributed by atoms with Crippen molar-refractivity contribution >= 4 is 23.4 Å². The van der Waals surface area contributed by atoms with Crippen molar-refractivity contribution < 1.29 is 14.3 Å². The molecule has 0 aromatic heterocycles. The van der Waals surface area contributed by atoms with Gasteiger partial charge in [-0.3, -0.25) is 4.79 Å². The van der Waals surface area contributed by atoms with E-state index in [1.165, 1.54) is 0 Å². The van der Waals surface area contributed by atoms with Crippen LogP contribution in [0.3, 0.4) is 0 Å². The molecule has 3 nitrogen and oxygen atoms in total. The first-order valence-corrected chi connectivity index (χ1v) is 4.89. The summed E-state index contributed by atoms with van der Waals surface area (Å²) in [6, 6.07) is 9.26. The number of Topliss-reactive ketones (excluding diaryl/α,β-unsaturated/α-hetero) is 1. The van der Waals surface area contributed by atoms with Crippen LogP contribution in [-0.2, 0) is 20.7 Å². The number of ketones is 1. The van der Waals surface area contributed by atoms with E-state index in [1.807, 2.05) is 30.3 Å². The predicted octanol–water partition coefficient (Wildman–Crippen LogP) is 1.58. The third-order valence-corrected chi connectivity index (χ3v) is 2.28. The molecule has 0 aliphatic heterocycles. The van der Waals surface area contributed by atoms with Crippen LogP contribution in [0.2, 0.25) is 0 Å². The zero-order valence-electron chi connectivity index (χ0n) is 8.27. The minimum Gasteiger partial charge on any atom is -0.463 e. The number of benzene rings is 1. The van der Waals surface area contributed by atoms with Crippen LogP contribution in [0.25, 0.3) is 0 Å². The second kappa shape index (κ2) is 5.51. The minimum absolute atomic E-state index is 0.330. The Balaban J connectivity index is 2.60. The van der Waals surface area contributed by atoms with Gasteiger partial charge < -0.3 is 4.74 Å². The Hall–Kier alpha value is -1.35. The average molecular weight is 227 g/mol. The summed E-state index contributed by atoms with van der Waals surface area (Å²) in [6.07, 6.45) is 0.330. The first-order valence-electron chi connectivity index (χ1n) is 4.45. The number of esters is 1. The van der Waals surface area contributed by atoms with Gasteiger partial charge in [-0.2, -0.15) is 0 Å². The maximum Gasteiger partial charge on any atom is 0.375 e. The summed E-state index contributed by atoms with van der Waals surface area (Å²) < 4.78 is 4.30. The zero-order valence-corrected chi connectivity index (χ0v) is 9.03.